The fourth-order valence-electron chi connectivity index (χ4n) is 2.63. The molecule has 2 aliphatic heterocycles. The number of rotatable bonds is 5. The van der Waals surface area contributed by atoms with Crippen LogP contribution in [0.5, 0.6) is 11.5 Å². The molecule has 2 heterocycles. The van der Waals surface area contributed by atoms with Crippen LogP contribution < -0.4 is 9.47 Å². The lowest BCUT2D eigenvalue weighted by Crippen LogP contribution is -2.17. The third kappa shape index (κ3) is 3.82. The van der Waals surface area contributed by atoms with Crippen LogP contribution in [0.2, 0.25) is 0 Å². The number of benzene rings is 1. The molecule has 124 valence electrons. The fourth-order valence-corrected chi connectivity index (χ4v) is 4.49. The van der Waals surface area contributed by atoms with Crippen molar-refractivity contribution in [2.24, 2.45) is 5.92 Å². The Morgan fingerprint density at radius 2 is 2.00 bits per heavy atom. The normalized spacial score (nSPS) is 21.1. The molecule has 1 aromatic rings. The first-order valence-corrected chi connectivity index (χ1v) is 9.04. The Labute approximate surface area is 133 Å². The van der Waals surface area contributed by atoms with Crippen LogP contribution in [0.4, 0.5) is 0 Å². The van der Waals surface area contributed by atoms with Gasteiger partial charge in [-0.05, 0) is 30.5 Å². The molecular formula is C15H16O7S. The Morgan fingerprint density at radius 3 is 2.74 bits per heavy atom. The predicted molar refractivity (Wildman–Crippen MR) is 79.2 cm³/mol. The van der Waals surface area contributed by atoms with Gasteiger partial charge in [-0.1, -0.05) is 0 Å². The molecule has 8 heteroatoms. The standard InChI is InChI=1S/C15H16O7S/c16-12(11-1-2-13-14(6-11)22-9-21-13)7-20-15(17)5-10-3-4-23(18,19)8-10/h1-2,6,10H,3-5,7-9H2/t10-/m0/s1. The van der Waals surface area contributed by atoms with Gasteiger partial charge >= 0.3 is 5.97 Å². The predicted octanol–water partition coefficient (Wildman–Crippen LogP) is 0.966. The van der Waals surface area contributed by atoms with Crippen LogP contribution in [0.15, 0.2) is 18.2 Å². The van der Waals surface area contributed by atoms with Crippen molar-refractivity contribution in [1.29, 1.82) is 0 Å². The minimum absolute atomic E-state index is 0.0121. The van der Waals surface area contributed by atoms with Crippen molar-refractivity contribution in [1.82, 2.24) is 0 Å². The zero-order valence-electron chi connectivity index (χ0n) is 12.3. The van der Waals surface area contributed by atoms with Crippen LogP contribution in [-0.2, 0) is 19.4 Å². The summed E-state index contributed by atoms with van der Waals surface area (Å²) < 4.78 is 38.0. The molecule has 1 atom stereocenters. The first-order valence-electron chi connectivity index (χ1n) is 7.22. The Balaban J connectivity index is 1.50. The number of hydrogen-bond donors (Lipinski definition) is 0. The van der Waals surface area contributed by atoms with Crippen LogP contribution in [0, 0.1) is 5.92 Å². The van der Waals surface area contributed by atoms with Gasteiger partial charge in [-0.25, -0.2) is 8.42 Å². The summed E-state index contributed by atoms with van der Waals surface area (Å²) >= 11 is 0. The van der Waals surface area contributed by atoms with E-state index in [1.807, 2.05) is 0 Å². The second-order valence-electron chi connectivity index (χ2n) is 5.63. The molecule has 1 fully saturated rings. The van der Waals surface area contributed by atoms with Crippen LogP contribution in [0.25, 0.3) is 0 Å². The van der Waals surface area contributed by atoms with E-state index >= 15 is 0 Å². The minimum Gasteiger partial charge on any atom is -0.457 e. The summed E-state index contributed by atoms with van der Waals surface area (Å²) in [5.74, 6) is 0.0589. The lowest BCUT2D eigenvalue weighted by Gasteiger charge is -2.08. The van der Waals surface area contributed by atoms with Crippen LogP contribution in [0.3, 0.4) is 0 Å². The van der Waals surface area contributed by atoms with Crippen LogP contribution in [0.1, 0.15) is 23.2 Å². The molecule has 0 saturated carbocycles. The van der Waals surface area contributed by atoms with Gasteiger partial charge in [-0.3, -0.25) is 9.59 Å². The third-order valence-electron chi connectivity index (χ3n) is 3.84. The van der Waals surface area contributed by atoms with Crippen molar-refractivity contribution in [2.45, 2.75) is 12.8 Å². The lowest BCUT2D eigenvalue weighted by molar-refractivity contribution is -0.143. The fraction of sp³-hybridized carbons (Fsp3) is 0.467. The zero-order valence-corrected chi connectivity index (χ0v) is 13.1. The number of sulfone groups is 1. The van der Waals surface area contributed by atoms with E-state index in [2.05, 4.69) is 0 Å². The van der Waals surface area contributed by atoms with Crippen molar-refractivity contribution in [3.8, 4) is 11.5 Å². The maximum Gasteiger partial charge on any atom is 0.306 e. The molecule has 1 saturated heterocycles. The quantitative estimate of drug-likeness (QED) is 0.582. The van der Waals surface area contributed by atoms with E-state index in [1.54, 1.807) is 18.2 Å². The molecule has 0 aliphatic carbocycles. The Kier molecular flexibility index (Phi) is 4.25. The molecule has 0 bridgehead atoms. The Morgan fingerprint density at radius 1 is 1.22 bits per heavy atom. The number of Topliss-reactive ketones (excluding diaryl/α,β-unsaturated/α-hetero) is 1. The molecule has 0 amide bonds. The van der Waals surface area contributed by atoms with E-state index in [1.165, 1.54) is 0 Å². The van der Waals surface area contributed by atoms with Gasteiger partial charge < -0.3 is 14.2 Å². The molecule has 0 aromatic heterocycles. The van der Waals surface area contributed by atoms with E-state index in [0.717, 1.165) is 0 Å². The topological polar surface area (TPSA) is 96.0 Å². The van der Waals surface area contributed by atoms with Crippen LogP contribution >= 0.6 is 0 Å². The SMILES string of the molecule is O=C(C[C@@H]1CCS(=O)(=O)C1)OCC(=O)c1ccc2c(c1)OCO2. The van der Waals surface area contributed by atoms with Gasteiger partial charge in [0.2, 0.25) is 6.79 Å². The van der Waals surface area contributed by atoms with Gasteiger partial charge in [-0.2, -0.15) is 0 Å². The molecule has 2 aliphatic rings. The average molecular weight is 340 g/mol. The molecule has 0 radical (unpaired) electrons. The lowest BCUT2D eigenvalue weighted by atomic mass is 10.1. The zero-order chi connectivity index (χ0) is 16.4. The highest BCUT2D eigenvalue weighted by Crippen LogP contribution is 2.32. The largest absolute Gasteiger partial charge is 0.457 e. The van der Waals surface area contributed by atoms with Gasteiger partial charge in [-0.15, -0.1) is 0 Å². The number of ketones is 1. The van der Waals surface area contributed by atoms with Gasteiger partial charge in [0.1, 0.15) is 0 Å². The monoisotopic (exact) mass is 340 g/mol. The molecule has 7 nitrogen and oxygen atoms in total. The maximum atomic E-state index is 12.0. The molecule has 0 unspecified atom stereocenters. The summed E-state index contributed by atoms with van der Waals surface area (Å²) in [6.45, 7) is -0.260. The second kappa shape index (κ2) is 6.19. The summed E-state index contributed by atoms with van der Waals surface area (Å²) in [6, 6.07) is 4.75. The van der Waals surface area contributed by atoms with Gasteiger partial charge in [0.05, 0.1) is 11.5 Å². The smallest absolute Gasteiger partial charge is 0.306 e. The van der Waals surface area contributed by atoms with Gasteiger partial charge in [0.15, 0.2) is 33.7 Å². The molecular weight excluding hydrogens is 324 g/mol. The number of hydrogen-bond acceptors (Lipinski definition) is 7. The summed E-state index contributed by atoms with van der Waals surface area (Å²) in [6.07, 6.45) is 0.487. The summed E-state index contributed by atoms with van der Waals surface area (Å²) in [5.41, 5.74) is 0.366. The maximum absolute atomic E-state index is 12.0. The number of carbonyl (C=O) groups excluding carboxylic acids is 2. The molecule has 1 aromatic carbocycles. The van der Waals surface area contributed by atoms with Crippen molar-refractivity contribution in [3.05, 3.63) is 23.8 Å². The Bertz CT molecular complexity index is 738. The van der Waals surface area contributed by atoms with Gasteiger partial charge in [0.25, 0.3) is 0 Å². The van der Waals surface area contributed by atoms with E-state index in [-0.39, 0.29) is 43.0 Å². The van der Waals surface area contributed by atoms with Crippen molar-refractivity contribution in [2.75, 3.05) is 24.9 Å². The highest BCUT2D eigenvalue weighted by atomic mass is 32.2. The Hall–Kier alpha value is -2.09. The molecule has 0 N–H and O–H groups in total. The van der Waals surface area contributed by atoms with Gasteiger partial charge in [0, 0.05) is 12.0 Å². The first-order chi connectivity index (χ1) is 10.9. The van der Waals surface area contributed by atoms with E-state index in [0.29, 0.717) is 23.5 Å². The minimum atomic E-state index is -3.02. The molecule has 23 heavy (non-hydrogen) atoms. The third-order valence-corrected chi connectivity index (χ3v) is 5.68. The average Bonchev–Trinajstić information content (AvgIpc) is 3.10. The highest BCUT2D eigenvalue weighted by molar-refractivity contribution is 7.91. The van der Waals surface area contributed by atoms with Crippen molar-refractivity contribution in [3.63, 3.8) is 0 Å². The number of esters is 1. The van der Waals surface area contributed by atoms with Crippen molar-refractivity contribution >= 4 is 21.6 Å². The first kappa shape index (κ1) is 15.8. The van der Waals surface area contributed by atoms with E-state index in [4.69, 9.17) is 14.2 Å². The summed E-state index contributed by atoms with van der Waals surface area (Å²) in [7, 11) is -3.02. The summed E-state index contributed by atoms with van der Waals surface area (Å²) in [5, 5.41) is 0. The number of carbonyl (C=O) groups is 2. The molecule has 0 spiro atoms. The van der Waals surface area contributed by atoms with Crippen molar-refractivity contribution < 1.29 is 32.2 Å². The number of fused-ring (bicyclic) bond motifs is 1. The van der Waals surface area contributed by atoms with Crippen LogP contribution in [-0.4, -0.2) is 45.1 Å². The highest BCUT2D eigenvalue weighted by Gasteiger charge is 2.30. The summed E-state index contributed by atoms with van der Waals surface area (Å²) in [4.78, 5) is 23.7. The molecule has 3 rings (SSSR count). The van der Waals surface area contributed by atoms with E-state index < -0.39 is 15.8 Å². The second-order valence-corrected chi connectivity index (χ2v) is 7.85. The van der Waals surface area contributed by atoms with E-state index in [9.17, 15) is 18.0 Å². The number of ether oxygens (including phenoxy) is 3.